The Kier molecular flexibility index (Phi) is 4.53. The van der Waals surface area contributed by atoms with Crippen LogP contribution >= 0.6 is 0 Å². The van der Waals surface area contributed by atoms with Crippen molar-refractivity contribution in [2.75, 3.05) is 19.6 Å². The van der Waals surface area contributed by atoms with Crippen LogP contribution in [0.2, 0.25) is 0 Å². The summed E-state index contributed by atoms with van der Waals surface area (Å²) >= 11 is 0. The van der Waals surface area contributed by atoms with Crippen molar-refractivity contribution in [3.63, 3.8) is 0 Å². The Morgan fingerprint density at radius 3 is 3.17 bits per heavy atom. The van der Waals surface area contributed by atoms with Crippen molar-refractivity contribution in [3.05, 3.63) is 17.8 Å². The molecular formula is C14H22N2O2. The van der Waals surface area contributed by atoms with Crippen LogP contribution < -0.4 is 0 Å². The lowest BCUT2D eigenvalue weighted by Gasteiger charge is -2.31. The Morgan fingerprint density at radius 2 is 2.44 bits per heavy atom. The average molecular weight is 250 g/mol. The minimum absolute atomic E-state index is 0.129. The van der Waals surface area contributed by atoms with E-state index in [0.29, 0.717) is 12.3 Å². The highest BCUT2D eigenvalue weighted by Crippen LogP contribution is 2.20. The number of carbonyl (C=O) groups excluding carboxylic acids is 1. The minimum atomic E-state index is 0.129. The minimum Gasteiger partial charge on any atom is -0.449 e. The van der Waals surface area contributed by atoms with Crippen molar-refractivity contribution >= 4 is 5.78 Å². The van der Waals surface area contributed by atoms with Crippen LogP contribution in [-0.4, -0.2) is 35.3 Å². The molecule has 2 heterocycles. The first-order valence-corrected chi connectivity index (χ1v) is 6.82. The van der Waals surface area contributed by atoms with E-state index in [2.05, 4.69) is 16.8 Å². The molecule has 0 bridgehead atoms. The molecule has 0 spiro atoms. The summed E-state index contributed by atoms with van der Waals surface area (Å²) in [6, 6.07) is 0. The lowest BCUT2D eigenvalue weighted by molar-refractivity contribution is -0.116. The molecule has 1 fully saturated rings. The molecule has 2 rings (SSSR count). The maximum absolute atomic E-state index is 11.0. The maximum atomic E-state index is 11.0. The van der Waals surface area contributed by atoms with Gasteiger partial charge >= 0.3 is 0 Å². The predicted molar refractivity (Wildman–Crippen MR) is 69.4 cm³/mol. The van der Waals surface area contributed by atoms with Crippen molar-refractivity contribution < 1.29 is 9.21 Å². The molecule has 1 aliphatic heterocycles. The van der Waals surface area contributed by atoms with E-state index >= 15 is 0 Å². The first-order valence-electron chi connectivity index (χ1n) is 6.82. The van der Waals surface area contributed by atoms with Gasteiger partial charge in [-0.2, -0.15) is 0 Å². The molecule has 4 nitrogen and oxygen atoms in total. The van der Waals surface area contributed by atoms with Crippen molar-refractivity contribution in [1.82, 2.24) is 9.88 Å². The molecule has 0 amide bonds. The standard InChI is InChI=1S/C14H22N2O2/c1-3-16-6-4-5-12(9-16)8-14-15-13(10-18-14)7-11(2)17/h10,12H,3-9H2,1-2H3. The number of carbonyl (C=O) groups is 1. The number of nitrogens with zero attached hydrogens (tertiary/aromatic N) is 2. The number of hydrogen-bond donors (Lipinski definition) is 0. The molecule has 0 saturated carbocycles. The largest absolute Gasteiger partial charge is 0.449 e. The van der Waals surface area contributed by atoms with Crippen molar-refractivity contribution in [2.24, 2.45) is 5.92 Å². The molecule has 4 heteroatoms. The van der Waals surface area contributed by atoms with E-state index in [1.54, 1.807) is 13.2 Å². The Balaban J connectivity index is 1.88. The monoisotopic (exact) mass is 250 g/mol. The molecule has 1 aromatic rings. The molecule has 0 aromatic carbocycles. The summed E-state index contributed by atoms with van der Waals surface area (Å²) < 4.78 is 5.46. The van der Waals surface area contributed by atoms with E-state index < -0.39 is 0 Å². The third-order valence-electron chi connectivity index (χ3n) is 3.54. The van der Waals surface area contributed by atoms with E-state index in [1.807, 2.05) is 0 Å². The van der Waals surface area contributed by atoms with Crippen LogP contribution in [0.4, 0.5) is 0 Å². The zero-order valence-electron chi connectivity index (χ0n) is 11.3. The molecule has 1 aliphatic rings. The molecule has 1 atom stereocenters. The number of rotatable bonds is 5. The van der Waals surface area contributed by atoms with Gasteiger partial charge in [-0.1, -0.05) is 6.92 Å². The van der Waals surface area contributed by atoms with Gasteiger partial charge in [0.15, 0.2) is 5.89 Å². The zero-order valence-corrected chi connectivity index (χ0v) is 11.3. The van der Waals surface area contributed by atoms with Gasteiger partial charge in [-0.3, -0.25) is 4.79 Å². The Hall–Kier alpha value is -1.16. The highest BCUT2D eigenvalue weighted by atomic mass is 16.3. The number of hydrogen-bond acceptors (Lipinski definition) is 4. The topological polar surface area (TPSA) is 46.3 Å². The van der Waals surface area contributed by atoms with Gasteiger partial charge in [0.2, 0.25) is 0 Å². The number of Topliss-reactive ketones (excluding diaryl/α,β-unsaturated/α-hetero) is 1. The number of likely N-dealkylation sites (tertiary alicyclic amines) is 1. The van der Waals surface area contributed by atoms with E-state index in [-0.39, 0.29) is 5.78 Å². The van der Waals surface area contributed by atoms with Crippen LogP contribution in [-0.2, 0) is 17.6 Å². The first kappa shape index (κ1) is 13.3. The Morgan fingerprint density at radius 1 is 1.61 bits per heavy atom. The van der Waals surface area contributed by atoms with Gasteiger partial charge in [0, 0.05) is 13.0 Å². The normalized spacial score (nSPS) is 21.1. The molecule has 100 valence electrons. The van der Waals surface area contributed by atoms with Crippen LogP contribution in [0.1, 0.15) is 38.3 Å². The number of ketones is 1. The molecule has 0 aliphatic carbocycles. The van der Waals surface area contributed by atoms with Crippen LogP contribution in [0.25, 0.3) is 0 Å². The summed E-state index contributed by atoms with van der Waals surface area (Å²) in [7, 11) is 0. The quantitative estimate of drug-likeness (QED) is 0.802. The van der Waals surface area contributed by atoms with Crippen molar-refractivity contribution in [2.45, 2.75) is 39.5 Å². The maximum Gasteiger partial charge on any atom is 0.194 e. The van der Waals surface area contributed by atoms with Gasteiger partial charge in [-0.05, 0) is 38.8 Å². The summed E-state index contributed by atoms with van der Waals surface area (Å²) in [5.41, 5.74) is 0.764. The molecule has 0 N–H and O–H groups in total. The van der Waals surface area contributed by atoms with Gasteiger partial charge in [-0.15, -0.1) is 0 Å². The summed E-state index contributed by atoms with van der Waals surface area (Å²) in [4.78, 5) is 17.9. The van der Waals surface area contributed by atoms with Crippen LogP contribution in [0.15, 0.2) is 10.7 Å². The number of oxazole rings is 1. The van der Waals surface area contributed by atoms with Crippen molar-refractivity contribution in [1.29, 1.82) is 0 Å². The summed E-state index contributed by atoms with van der Waals surface area (Å²) in [6.07, 6.45) is 5.42. The Bertz CT molecular complexity index is 400. The first-order chi connectivity index (χ1) is 8.67. The fourth-order valence-corrected chi connectivity index (χ4v) is 2.63. The fraction of sp³-hybridized carbons (Fsp3) is 0.714. The number of piperidine rings is 1. The highest BCUT2D eigenvalue weighted by Gasteiger charge is 2.20. The summed E-state index contributed by atoms with van der Waals surface area (Å²) in [6.45, 7) is 7.26. The molecule has 0 radical (unpaired) electrons. The average Bonchev–Trinajstić information content (AvgIpc) is 2.76. The van der Waals surface area contributed by atoms with E-state index in [1.165, 1.54) is 19.4 Å². The predicted octanol–water partition coefficient (Wildman–Crippen LogP) is 2.08. The van der Waals surface area contributed by atoms with E-state index in [9.17, 15) is 4.79 Å². The second kappa shape index (κ2) is 6.14. The third-order valence-corrected chi connectivity index (χ3v) is 3.54. The van der Waals surface area contributed by atoms with E-state index in [0.717, 1.165) is 31.1 Å². The van der Waals surface area contributed by atoms with Gasteiger partial charge in [0.1, 0.15) is 12.0 Å². The lowest BCUT2D eigenvalue weighted by Crippen LogP contribution is -2.35. The second-order valence-electron chi connectivity index (χ2n) is 5.22. The van der Waals surface area contributed by atoms with Gasteiger partial charge < -0.3 is 9.32 Å². The smallest absolute Gasteiger partial charge is 0.194 e. The molecular weight excluding hydrogens is 228 g/mol. The zero-order chi connectivity index (χ0) is 13.0. The fourth-order valence-electron chi connectivity index (χ4n) is 2.63. The Labute approximate surface area is 108 Å². The SMILES string of the molecule is CCN1CCCC(Cc2nc(CC(C)=O)co2)C1. The number of aromatic nitrogens is 1. The van der Waals surface area contributed by atoms with Crippen LogP contribution in [0, 0.1) is 5.92 Å². The van der Waals surface area contributed by atoms with Gasteiger partial charge in [0.25, 0.3) is 0 Å². The van der Waals surface area contributed by atoms with Crippen LogP contribution in [0.3, 0.4) is 0 Å². The van der Waals surface area contributed by atoms with Gasteiger partial charge in [-0.25, -0.2) is 4.98 Å². The third kappa shape index (κ3) is 3.67. The molecule has 1 unspecified atom stereocenters. The van der Waals surface area contributed by atoms with E-state index in [4.69, 9.17) is 4.42 Å². The van der Waals surface area contributed by atoms with Gasteiger partial charge in [0.05, 0.1) is 12.1 Å². The molecule has 1 aromatic heterocycles. The molecule has 1 saturated heterocycles. The van der Waals surface area contributed by atoms with Crippen molar-refractivity contribution in [3.8, 4) is 0 Å². The van der Waals surface area contributed by atoms with Crippen LogP contribution in [0.5, 0.6) is 0 Å². The highest BCUT2D eigenvalue weighted by molar-refractivity contribution is 5.77. The lowest BCUT2D eigenvalue weighted by atomic mass is 9.95. The summed E-state index contributed by atoms with van der Waals surface area (Å²) in [5, 5.41) is 0. The second-order valence-corrected chi connectivity index (χ2v) is 5.22. The summed E-state index contributed by atoms with van der Waals surface area (Å²) in [5.74, 6) is 1.56. The molecule has 18 heavy (non-hydrogen) atoms.